The number of carbonyl (C=O) groups is 2. The Morgan fingerprint density at radius 3 is 2.67 bits per heavy atom. The number of halogens is 1. The van der Waals surface area contributed by atoms with E-state index in [9.17, 15) is 9.59 Å². The highest BCUT2D eigenvalue weighted by Crippen LogP contribution is 2.36. The molecule has 4 heterocycles. The topological polar surface area (TPSA) is 113 Å². The normalized spacial score (nSPS) is 20.6. The van der Waals surface area contributed by atoms with Crippen molar-refractivity contribution in [2.24, 2.45) is 5.92 Å². The molecule has 10 nitrogen and oxygen atoms in total. The van der Waals surface area contributed by atoms with E-state index in [2.05, 4.69) is 50.1 Å². The number of aromatic nitrogens is 4. The van der Waals surface area contributed by atoms with Crippen LogP contribution in [0.2, 0.25) is 5.02 Å². The first-order valence-corrected chi connectivity index (χ1v) is 15.8. The number of pyridine rings is 1. The molecule has 1 N–H and O–H groups in total. The second-order valence-corrected chi connectivity index (χ2v) is 12.6. The zero-order valence-corrected chi connectivity index (χ0v) is 25.8. The molecule has 12 heteroatoms. The summed E-state index contributed by atoms with van der Waals surface area (Å²) < 4.78 is 6.51. The van der Waals surface area contributed by atoms with E-state index in [1.54, 1.807) is 12.3 Å². The van der Waals surface area contributed by atoms with E-state index in [4.69, 9.17) is 16.3 Å². The number of fused-ring (bicyclic) bond motifs is 1. The number of hydrogen-bond donors (Lipinski definition) is 1. The first kappa shape index (κ1) is 29.6. The fourth-order valence-electron chi connectivity index (χ4n) is 5.74. The van der Waals surface area contributed by atoms with Gasteiger partial charge in [0.2, 0.25) is 5.91 Å². The van der Waals surface area contributed by atoms with Gasteiger partial charge in [0.15, 0.2) is 11.0 Å². The van der Waals surface area contributed by atoms with Gasteiger partial charge in [-0.05, 0) is 49.9 Å². The Balaban J connectivity index is 1.01. The molecule has 3 aromatic heterocycles. The molecule has 1 aliphatic heterocycles. The van der Waals surface area contributed by atoms with E-state index >= 15 is 0 Å². The van der Waals surface area contributed by atoms with Gasteiger partial charge in [-0.1, -0.05) is 35.9 Å². The van der Waals surface area contributed by atoms with Gasteiger partial charge in [-0.2, -0.15) is 0 Å². The first-order valence-electron chi connectivity index (χ1n) is 14.6. The Labute approximate surface area is 259 Å². The molecule has 43 heavy (non-hydrogen) atoms. The number of hydrogen-bond acceptors (Lipinski definition) is 9. The van der Waals surface area contributed by atoms with E-state index in [0.29, 0.717) is 53.9 Å². The molecule has 6 rings (SSSR count). The lowest BCUT2D eigenvalue weighted by atomic mass is 9.78. The number of amides is 2. The lowest BCUT2D eigenvalue weighted by Crippen LogP contribution is -2.60. The SMILES string of the molecule is CCCOCc1ncc(-c2ccc3nc(NC(=O)C4CC(N5CCN(C(=O)c6ccncc6Cl)C[C@@H]5C)C4)sc3c2)cn1. The minimum absolute atomic E-state index is 0.0126. The van der Waals surface area contributed by atoms with Crippen LogP contribution in [0.25, 0.3) is 21.3 Å². The summed E-state index contributed by atoms with van der Waals surface area (Å²) in [5.74, 6) is 0.565. The van der Waals surface area contributed by atoms with Crippen LogP contribution >= 0.6 is 22.9 Å². The summed E-state index contributed by atoms with van der Waals surface area (Å²) in [6.45, 7) is 7.34. The number of carbonyl (C=O) groups excluding carboxylic acids is 2. The van der Waals surface area contributed by atoms with Crippen molar-refractivity contribution in [2.75, 3.05) is 31.6 Å². The van der Waals surface area contributed by atoms with Crippen LogP contribution in [-0.2, 0) is 16.1 Å². The highest BCUT2D eigenvalue weighted by atomic mass is 35.5. The molecule has 1 aliphatic carbocycles. The van der Waals surface area contributed by atoms with Gasteiger partial charge in [0.25, 0.3) is 5.91 Å². The summed E-state index contributed by atoms with van der Waals surface area (Å²) in [7, 11) is 0. The Morgan fingerprint density at radius 1 is 1.12 bits per heavy atom. The van der Waals surface area contributed by atoms with Gasteiger partial charge in [0, 0.05) is 74.6 Å². The molecule has 1 saturated carbocycles. The van der Waals surface area contributed by atoms with Crippen LogP contribution in [0.5, 0.6) is 0 Å². The minimum atomic E-state index is -0.0631. The molecule has 4 aromatic rings. The molecule has 224 valence electrons. The van der Waals surface area contributed by atoms with Gasteiger partial charge in [-0.3, -0.25) is 19.5 Å². The van der Waals surface area contributed by atoms with Gasteiger partial charge in [-0.15, -0.1) is 0 Å². The van der Waals surface area contributed by atoms with E-state index in [1.165, 1.54) is 17.5 Å². The van der Waals surface area contributed by atoms with Gasteiger partial charge in [0.05, 0.1) is 20.8 Å². The van der Waals surface area contributed by atoms with E-state index in [-0.39, 0.29) is 23.8 Å². The van der Waals surface area contributed by atoms with Crippen molar-refractivity contribution in [3.05, 3.63) is 65.5 Å². The predicted molar refractivity (Wildman–Crippen MR) is 167 cm³/mol. The quantitative estimate of drug-likeness (QED) is 0.251. The van der Waals surface area contributed by atoms with Crippen molar-refractivity contribution in [3.63, 3.8) is 0 Å². The summed E-state index contributed by atoms with van der Waals surface area (Å²) in [6, 6.07) is 8.21. The third-order valence-corrected chi connectivity index (χ3v) is 9.39. The van der Waals surface area contributed by atoms with Crippen molar-refractivity contribution < 1.29 is 14.3 Å². The van der Waals surface area contributed by atoms with Crippen LogP contribution in [0.15, 0.2) is 49.1 Å². The summed E-state index contributed by atoms with van der Waals surface area (Å²) >= 11 is 7.66. The van der Waals surface area contributed by atoms with Crippen LogP contribution in [-0.4, -0.2) is 79.9 Å². The summed E-state index contributed by atoms with van der Waals surface area (Å²) in [4.78, 5) is 47.8. The number of nitrogens with zero attached hydrogens (tertiary/aromatic N) is 6. The van der Waals surface area contributed by atoms with Gasteiger partial charge >= 0.3 is 0 Å². The fourth-order valence-corrected chi connectivity index (χ4v) is 6.85. The second-order valence-electron chi connectivity index (χ2n) is 11.1. The number of nitrogens with one attached hydrogen (secondary N) is 1. The molecule has 1 atom stereocenters. The molecule has 0 radical (unpaired) electrons. The molecule has 1 aromatic carbocycles. The highest BCUT2D eigenvalue weighted by Gasteiger charge is 2.41. The summed E-state index contributed by atoms with van der Waals surface area (Å²) in [5.41, 5.74) is 3.24. The Kier molecular flexibility index (Phi) is 8.94. The minimum Gasteiger partial charge on any atom is -0.373 e. The molecule has 0 bridgehead atoms. The van der Waals surface area contributed by atoms with E-state index in [0.717, 1.165) is 47.2 Å². The smallest absolute Gasteiger partial charge is 0.255 e. The largest absolute Gasteiger partial charge is 0.373 e. The van der Waals surface area contributed by atoms with Crippen LogP contribution in [0, 0.1) is 5.92 Å². The van der Waals surface area contributed by atoms with Crippen molar-refractivity contribution in [1.82, 2.24) is 29.7 Å². The molecular formula is C31H34ClN7O3S. The van der Waals surface area contributed by atoms with Crippen molar-refractivity contribution >= 4 is 50.1 Å². The number of piperazine rings is 1. The number of benzene rings is 1. The molecule has 0 spiro atoms. The third kappa shape index (κ3) is 6.54. The number of rotatable bonds is 9. The van der Waals surface area contributed by atoms with Crippen LogP contribution in [0.1, 0.15) is 49.3 Å². The van der Waals surface area contributed by atoms with Crippen molar-refractivity contribution in [1.29, 1.82) is 0 Å². The maximum Gasteiger partial charge on any atom is 0.255 e. The van der Waals surface area contributed by atoms with Gasteiger partial charge < -0.3 is 15.0 Å². The average molecular weight is 620 g/mol. The number of ether oxygens (including phenoxy) is 1. The lowest BCUT2D eigenvalue weighted by molar-refractivity contribution is -0.125. The van der Waals surface area contributed by atoms with Crippen LogP contribution < -0.4 is 5.32 Å². The standard InChI is InChI=1S/C31H34ClN7O3S/c1-3-10-42-18-28-34-14-22(15-35-28)20-4-5-26-27(13-20)43-31(36-26)37-29(40)21-11-23(12-21)39-9-8-38(17-19(39)2)30(41)24-6-7-33-16-25(24)32/h4-7,13-16,19,21,23H,3,8-12,17-18H2,1-2H3,(H,36,37,40)/t19-,21?,23?/m0/s1. The third-order valence-electron chi connectivity index (χ3n) is 8.16. The summed E-state index contributed by atoms with van der Waals surface area (Å²) in [5, 5.41) is 4.02. The van der Waals surface area contributed by atoms with Crippen LogP contribution in [0.4, 0.5) is 5.13 Å². The zero-order chi connectivity index (χ0) is 29.9. The molecule has 1 saturated heterocycles. The lowest BCUT2D eigenvalue weighted by Gasteiger charge is -2.49. The molecule has 2 aliphatic rings. The Hall–Kier alpha value is -3.51. The van der Waals surface area contributed by atoms with Gasteiger partial charge in [0.1, 0.15) is 6.61 Å². The Morgan fingerprint density at radius 2 is 1.93 bits per heavy atom. The van der Waals surface area contributed by atoms with Gasteiger partial charge in [-0.25, -0.2) is 15.0 Å². The molecule has 2 fully saturated rings. The molecular weight excluding hydrogens is 586 g/mol. The predicted octanol–water partition coefficient (Wildman–Crippen LogP) is 5.29. The van der Waals surface area contributed by atoms with E-state index in [1.807, 2.05) is 29.4 Å². The summed E-state index contributed by atoms with van der Waals surface area (Å²) in [6.07, 6.45) is 9.27. The molecule has 2 amide bonds. The van der Waals surface area contributed by atoms with Crippen molar-refractivity contribution in [3.8, 4) is 11.1 Å². The van der Waals surface area contributed by atoms with Crippen molar-refractivity contribution in [2.45, 2.75) is 51.8 Å². The highest BCUT2D eigenvalue weighted by molar-refractivity contribution is 7.22. The monoisotopic (exact) mass is 619 g/mol. The maximum absolute atomic E-state index is 13.1. The molecule has 0 unspecified atom stereocenters. The second kappa shape index (κ2) is 13.0. The maximum atomic E-state index is 13.1. The Bertz CT molecular complexity index is 1610. The fraction of sp³-hybridized carbons (Fsp3) is 0.419. The average Bonchev–Trinajstić information content (AvgIpc) is 3.39. The first-order chi connectivity index (χ1) is 20.9. The van der Waals surface area contributed by atoms with Crippen LogP contribution in [0.3, 0.4) is 0 Å². The zero-order valence-electron chi connectivity index (χ0n) is 24.2. The number of anilines is 1. The van der Waals surface area contributed by atoms with E-state index < -0.39 is 0 Å². The number of thiazole rings is 1.